The molecule has 1 N–H and O–H groups in total. The van der Waals surface area contributed by atoms with Crippen LogP contribution in [-0.2, 0) is 10.0 Å². The lowest BCUT2D eigenvalue weighted by molar-refractivity contribution is 0.101. The number of benzene rings is 2. The highest BCUT2D eigenvalue weighted by Gasteiger charge is 2.24. The van der Waals surface area contributed by atoms with Crippen LogP contribution < -0.4 is 5.43 Å². The molecule has 0 unspecified atom stereocenters. The van der Waals surface area contributed by atoms with E-state index in [0.29, 0.717) is 18.6 Å². The van der Waals surface area contributed by atoms with Gasteiger partial charge in [-0.05, 0) is 30.3 Å². The van der Waals surface area contributed by atoms with Gasteiger partial charge in [-0.3, -0.25) is 10.2 Å². The van der Waals surface area contributed by atoms with Crippen LogP contribution in [-0.4, -0.2) is 41.4 Å². The second kappa shape index (κ2) is 7.67. The van der Waals surface area contributed by atoms with E-state index in [0.717, 1.165) is 5.52 Å². The highest BCUT2D eigenvalue weighted by molar-refractivity contribution is 7.89. The van der Waals surface area contributed by atoms with Gasteiger partial charge in [-0.1, -0.05) is 37.6 Å². The Bertz CT molecular complexity index is 1090. The van der Waals surface area contributed by atoms with E-state index in [1.165, 1.54) is 33.5 Å². The van der Waals surface area contributed by atoms with Gasteiger partial charge in [0, 0.05) is 13.1 Å². The maximum absolute atomic E-state index is 12.7. The molecule has 7 nitrogen and oxygen atoms in total. The van der Waals surface area contributed by atoms with Crippen LogP contribution in [0.4, 0.5) is 0 Å². The first-order valence-corrected chi connectivity index (χ1v) is 10.2. The number of halogens is 1. The average Bonchev–Trinajstić information content (AvgIpc) is 3.05. The Balaban J connectivity index is 1.95. The number of amides is 1. The van der Waals surface area contributed by atoms with E-state index in [4.69, 9.17) is 11.6 Å². The number of sulfonamides is 1. The number of aromatic nitrogens is 2. The molecule has 9 heteroatoms. The summed E-state index contributed by atoms with van der Waals surface area (Å²) in [5.41, 5.74) is 4.19. The standard InChI is InChI=1S/C18H19ClN4O3S/c1-3-22(4-2)27(25,26)13-9-10-15(19)14(11-13)18(24)21-23-12-20-16-7-5-6-8-17(16)23/h5-12H,3-4H2,1-2H3,(H,21,24). The van der Waals surface area contributed by atoms with Gasteiger partial charge in [0.05, 0.1) is 26.5 Å². The van der Waals surface area contributed by atoms with Gasteiger partial charge in [0.15, 0.2) is 0 Å². The number of fused-ring (bicyclic) bond motifs is 1. The number of carbonyl (C=O) groups excluding carboxylic acids is 1. The molecule has 3 aromatic rings. The van der Waals surface area contributed by atoms with Gasteiger partial charge in [0.1, 0.15) is 6.33 Å². The Morgan fingerprint density at radius 2 is 1.89 bits per heavy atom. The average molecular weight is 407 g/mol. The van der Waals surface area contributed by atoms with Gasteiger partial charge in [0.25, 0.3) is 5.91 Å². The maximum Gasteiger partial charge on any atom is 0.271 e. The fourth-order valence-corrected chi connectivity index (χ4v) is 4.46. The van der Waals surface area contributed by atoms with Crippen molar-refractivity contribution in [3.05, 3.63) is 59.4 Å². The minimum Gasteiger partial charge on any atom is -0.267 e. The minimum absolute atomic E-state index is 0.0243. The summed E-state index contributed by atoms with van der Waals surface area (Å²) in [4.78, 5) is 16.9. The lowest BCUT2D eigenvalue weighted by atomic mass is 10.2. The van der Waals surface area contributed by atoms with E-state index in [2.05, 4.69) is 10.4 Å². The first kappa shape index (κ1) is 19.3. The largest absolute Gasteiger partial charge is 0.271 e. The van der Waals surface area contributed by atoms with Gasteiger partial charge in [0.2, 0.25) is 10.0 Å². The number of carbonyl (C=O) groups is 1. The second-order valence-electron chi connectivity index (χ2n) is 5.78. The van der Waals surface area contributed by atoms with Crippen LogP contribution in [0, 0.1) is 0 Å². The Morgan fingerprint density at radius 3 is 2.59 bits per heavy atom. The molecular weight excluding hydrogens is 388 g/mol. The van der Waals surface area contributed by atoms with Crippen LogP contribution >= 0.6 is 11.6 Å². The number of para-hydroxylation sites is 2. The molecule has 0 saturated heterocycles. The SMILES string of the molecule is CCN(CC)S(=O)(=O)c1ccc(Cl)c(C(=O)Nn2cnc3ccccc32)c1. The van der Waals surface area contributed by atoms with Crippen molar-refractivity contribution < 1.29 is 13.2 Å². The van der Waals surface area contributed by atoms with E-state index in [-0.39, 0.29) is 15.5 Å². The molecule has 1 amide bonds. The molecule has 2 aromatic carbocycles. The van der Waals surface area contributed by atoms with Gasteiger partial charge >= 0.3 is 0 Å². The lowest BCUT2D eigenvalue weighted by Gasteiger charge is -2.19. The Hall–Kier alpha value is -2.42. The van der Waals surface area contributed by atoms with Crippen molar-refractivity contribution in [2.45, 2.75) is 18.7 Å². The first-order chi connectivity index (χ1) is 12.9. The Kier molecular flexibility index (Phi) is 5.50. The van der Waals surface area contributed by atoms with Gasteiger partial charge in [-0.25, -0.2) is 18.1 Å². The zero-order valence-electron chi connectivity index (χ0n) is 14.9. The van der Waals surface area contributed by atoms with Gasteiger partial charge < -0.3 is 0 Å². The summed E-state index contributed by atoms with van der Waals surface area (Å²) in [6.07, 6.45) is 1.48. The van der Waals surface area contributed by atoms with Crippen molar-refractivity contribution in [2.24, 2.45) is 0 Å². The topological polar surface area (TPSA) is 84.3 Å². The van der Waals surface area contributed by atoms with Crippen LogP contribution in [0.1, 0.15) is 24.2 Å². The van der Waals surface area contributed by atoms with E-state index in [1.54, 1.807) is 13.8 Å². The highest BCUT2D eigenvalue weighted by Crippen LogP contribution is 2.23. The summed E-state index contributed by atoms with van der Waals surface area (Å²) in [6, 6.07) is 11.4. The van der Waals surface area contributed by atoms with Crippen molar-refractivity contribution in [3.63, 3.8) is 0 Å². The number of hydrogen-bond acceptors (Lipinski definition) is 4. The summed E-state index contributed by atoms with van der Waals surface area (Å²) < 4.78 is 28.2. The molecule has 0 atom stereocenters. The predicted octanol–water partition coefficient (Wildman–Crippen LogP) is 3.10. The van der Waals surface area contributed by atoms with Crippen LogP contribution in [0.3, 0.4) is 0 Å². The molecule has 0 radical (unpaired) electrons. The fourth-order valence-electron chi connectivity index (χ4n) is 2.77. The predicted molar refractivity (Wildman–Crippen MR) is 105 cm³/mol. The third-order valence-electron chi connectivity index (χ3n) is 4.20. The smallest absolute Gasteiger partial charge is 0.267 e. The van der Waals surface area contributed by atoms with Crippen LogP contribution in [0.25, 0.3) is 11.0 Å². The molecule has 0 spiro atoms. The van der Waals surface area contributed by atoms with E-state index >= 15 is 0 Å². The summed E-state index contributed by atoms with van der Waals surface area (Å²) in [5.74, 6) is -0.528. The molecule has 0 aliphatic heterocycles. The van der Waals surface area contributed by atoms with E-state index in [9.17, 15) is 13.2 Å². The van der Waals surface area contributed by atoms with Crippen molar-refractivity contribution in [2.75, 3.05) is 18.5 Å². The first-order valence-electron chi connectivity index (χ1n) is 8.41. The summed E-state index contributed by atoms with van der Waals surface area (Å²) >= 11 is 6.15. The Morgan fingerprint density at radius 1 is 1.19 bits per heavy atom. The molecule has 3 rings (SSSR count). The molecule has 142 valence electrons. The number of nitrogens with zero attached hydrogens (tertiary/aromatic N) is 3. The third kappa shape index (κ3) is 3.69. The van der Waals surface area contributed by atoms with E-state index in [1.807, 2.05) is 24.3 Å². The van der Waals surface area contributed by atoms with Crippen molar-refractivity contribution in [1.82, 2.24) is 14.0 Å². The number of hydrogen-bond donors (Lipinski definition) is 1. The second-order valence-corrected chi connectivity index (χ2v) is 8.12. The molecule has 0 saturated carbocycles. The number of imidazole rings is 1. The van der Waals surface area contributed by atoms with Crippen LogP contribution in [0.5, 0.6) is 0 Å². The molecule has 0 fully saturated rings. The molecule has 0 bridgehead atoms. The quantitative estimate of drug-likeness (QED) is 0.681. The number of nitrogens with one attached hydrogen (secondary N) is 1. The lowest BCUT2D eigenvalue weighted by Crippen LogP contribution is -2.31. The fraction of sp³-hybridized carbons (Fsp3) is 0.222. The Labute approximate surface area is 162 Å². The van der Waals surface area contributed by atoms with Crippen molar-refractivity contribution in [1.29, 1.82) is 0 Å². The monoisotopic (exact) mass is 406 g/mol. The third-order valence-corrected chi connectivity index (χ3v) is 6.58. The summed E-state index contributed by atoms with van der Waals surface area (Å²) in [6.45, 7) is 4.19. The van der Waals surface area contributed by atoms with Gasteiger partial charge in [-0.2, -0.15) is 4.31 Å². The highest BCUT2D eigenvalue weighted by atomic mass is 35.5. The zero-order chi connectivity index (χ0) is 19.6. The maximum atomic E-state index is 12.7. The number of rotatable bonds is 6. The normalized spacial score (nSPS) is 11.9. The van der Waals surface area contributed by atoms with Crippen LogP contribution in [0.15, 0.2) is 53.7 Å². The minimum atomic E-state index is -3.70. The molecular formula is C18H19ClN4O3S. The van der Waals surface area contributed by atoms with Gasteiger partial charge in [-0.15, -0.1) is 0 Å². The molecule has 27 heavy (non-hydrogen) atoms. The molecule has 1 aromatic heterocycles. The van der Waals surface area contributed by atoms with E-state index < -0.39 is 15.9 Å². The summed E-state index contributed by atoms with van der Waals surface area (Å²) in [5, 5.41) is 0.162. The van der Waals surface area contributed by atoms with Crippen molar-refractivity contribution >= 4 is 38.6 Å². The molecule has 1 heterocycles. The zero-order valence-corrected chi connectivity index (χ0v) is 16.5. The van der Waals surface area contributed by atoms with Crippen molar-refractivity contribution in [3.8, 4) is 0 Å². The van der Waals surface area contributed by atoms with Crippen LogP contribution in [0.2, 0.25) is 5.02 Å². The molecule has 0 aliphatic carbocycles. The molecule has 0 aliphatic rings. The summed E-state index contributed by atoms with van der Waals surface area (Å²) in [7, 11) is -3.70.